The van der Waals surface area contributed by atoms with Gasteiger partial charge >= 0.3 is 5.97 Å². The van der Waals surface area contributed by atoms with E-state index >= 15 is 0 Å². The first kappa shape index (κ1) is 22.2. The lowest BCUT2D eigenvalue weighted by atomic mass is 9.83. The molecule has 1 N–H and O–H groups in total. The van der Waals surface area contributed by atoms with Crippen LogP contribution in [0.25, 0.3) is 10.8 Å². The van der Waals surface area contributed by atoms with Gasteiger partial charge in [0.15, 0.2) is 0 Å². The van der Waals surface area contributed by atoms with Crippen LogP contribution in [0.1, 0.15) is 45.0 Å². The van der Waals surface area contributed by atoms with Gasteiger partial charge < -0.3 is 14.8 Å². The molecule has 4 nitrogen and oxygen atoms in total. The molecule has 4 aromatic carbocycles. The van der Waals surface area contributed by atoms with Crippen LogP contribution in [0.5, 0.6) is 5.75 Å². The number of benzene rings is 4. The molecule has 0 fully saturated rings. The SMILES string of the molecule is COC(=O)c1ccc(C2CC(CNCc3cccc4ccccc34)Oc3ccccc32)cc1C. The molecule has 1 aliphatic rings. The molecule has 0 bridgehead atoms. The van der Waals surface area contributed by atoms with Crippen molar-refractivity contribution in [2.45, 2.75) is 31.9 Å². The van der Waals surface area contributed by atoms with E-state index in [1.165, 1.54) is 34.6 Å². The third kappa shape index (κ3) is 4.42. The molecule has 0 saturated carbocycles. The summed E-state index contributed by atoms with van der Waals surface area (Å²) in [7, 11) is 1.42. The maximum atomic E-state index is 12.0. The van der Waals surface area contributed by atoms with E-state index in [1.54, 1.807) is 0 Å². The summed E-state index contributed by atoms with van der Waals surface area (Å²) >= 11 is 0. The highest BCUT2D eigenvalue weighted by atomic mass is 16.5. The van der Waals surface area contributed by atoms with Crippen molar-refractivity contribution >= 4 is 16.7 Å². The van der Waals surface area contributed by atoms with Crippen molar-refractivity contribution < 1.29 is 14.3 Å². The largest absolute Gasteiger partial charge is 0.489 e. The van der Waals surface area contributed by atoms with Gasteiger partial charge in [0.25, 0.3) is 0 Å². The molecular weight excluding hydrogens is 422 g/mol. The van der Waals surface area contributed by atoms with E-state index in [0.717, 1.165) is 30.8 Å². The van der Waals surface area contributed by atoms with Gasteiger partial charge in [-0.3, -0.25) is 0 Å². The fraction of sp³-hybridized carbons (Fsp3) is 0.233. The number of aryl methyl sites for hydroxylation is 1. The zero-order valence-corrected chi connectivity index (χ0v) is 19.6. The first-order valence-corrected chi connectivity index (χ1v) is 11.8. The zero-order chi connectivity index (χ0) is 23.5. The van der Waals surface area contributed by atoms with Crippen LogP contribution < -0.4 is 10.1 Å². The molecule has 0 aromatic heterocycles. The van der Waals surface area contributed by atoms with Crippen molar-refractivity contribution in [2.75, 3.05) is 13.7 Å². The number of fused-ring (bicyclic) bond motifs is 2. The highest BCUT2D eigenvalue weighted by Gasteiger charge is 2.29. The number of hydrogen-bond donors (Lipinski definition) is 1. The van der Waals surface area contributed by atoms with Crippen molar-refractivity contribution in [3.05, 3.63) is 113 Å². The molecule has 4 heteroatoms. The summed E-state index contributed by atoms with van der Waals surface area (Å²) in [6, 6.07) is 29.2. The Morgan fingerprint density at radius 1 is 1.00 bits per heavy atom. The van der Waals surface area contributed by atoms with Gasteiger partial charge in [-0.25, -0.2) is 4.79 Å². The highest BCUT2D eigenvalue weighted by molar-refractivity contribution is 5.91. The summed E-state index contributed by atoms with van der Waals surface area (Å²) in [4.78, 5) is 12.0. The van der Waals surface area contributed by atoms with Gasteiger partial charge in [-0.05, 0) is 52.9 Å². The van der Waals surface area contributed by atoms with E-state index in [9.17, 15) is 4.79 Å². The Kier molecular flexibility index (Phi) is 6.33. The number of hydrogen-bond acceptors (Lipinski definition) is 4. The van der Waals surface area contributed by atoms with E-state index in [1.807, 2.05) is 25.1 Å². The number of methoxy groups -OCH3 is 1. The molecule has 0 radical (unpaired) electrons. The summed E-state index contributed by atoms with van der Waals surface area (Å²) in [5, 5.41) is 6.17. The Morgan fingerprint density at radius 3 is 2.65 bits per heavy atom. The number of nitrogens with one attached hydrogen (secondary N) is 1. The van der Waals surface area contributed by atoms with Gasteiger partial charge in [0.2, 0.25) is 0 Å². The standard InChI is InChI=1S/C30H29NO3/c1-20-16-22(14-15-25(20)30(32)33-2)28-17-24(34-29-13-6-5-12-27(28)29)19-31-18-23-10-7-9-21-8-3-4-11-26(21)23/h3-16,24,28,31H,17-19H2,1-2H3. The predicted molar refractivity (Wildman–Crippen MR) is 135 cm³/mol. The molecule has 172 valence electrons. The second-order valence-corrected chi connectivity index (χ2v) is 8.90. The Bertz CT molecular complexity index is 1320. The second kappa shape index (κ2) is 9.70. The van der Waals surface area contributed by atoms with E-state index in [0.29, 0.717) is 5.56 Å². The summed E-state index contributed by atoms with van der Waals surface area (Å²) in [5.74, 6) is 0.844. The van der Waals surface area contributed by atoms with Gasteiger partial charge in [0, 0.05) is 24.6 Å². The van der Waals surface area contributed by atoms with Crippen LogP contribution >= 0.6 is 0 Å². The van der Waals surface area contributed by atoms with Gasteiger partial charge in [0.1, 0.15) is 11.9 Å². The lowest BCUT2D eigenvalue weighted by Gasteiger charge is -2.33. The van der Waals surface area contributed by atoms with Crippen LogP contribution in [0.3, 0.4) is 0 Å². The monoisotopic (exact) mass is 451 g/mol. The average Bonchev–Trinajstić information content (AvgIpc) is 2.88. The lowest BCUT2D eigenvalue weighted by molar-refractivity contribution is 0.0600. The van der Waals surface area contributed by atoms with Gasteiger partial charge in [-0.2, -0.15) is 0 Å². The first-order chi connectivity index (χ1) is 16.6. The Balaban J connectivity index is 1.34. The maximum Gasteiger partial charge on any atom is 0.338 e. The molecular formula is C30H29NO3. The van der Waals surface area contributed by atoms with Crippen LogP contribution in [0, 0.1) is 6.92 Å². The third-order valence-corrected chi connectivity index (χ3v) is 6.71. The van der Waals surface area contributed by atoms with Crippen molar-refractivity contribution in [1.82, 2.24) is 5.32 Å². The molecule has 0 amide bonds. The minimum atomic E-state index is -0.299. The number of para-hydroxylation sites is 1. The van der Waals surface area contributed by atoms with Crippen LogP contribution in [0.2, 0.25) is 0 Å². The third-order valence-electron chi connectivity index (χ3n) is 6.71. The smallest absolute Gasteiger partial charge is 0.338 e. The Hall–Kier alpha value is -3.63. The van der Waals surface area contributed by atoms with Crippen molar-refractivity contribution in [1.29, 1.82) is 0 Å². The topological polar surface area (TPSA) is 47.6 Å². The summed E-state index contributed by atoms with van der Waals surface area (Å²) < 4.78 is 11.3. The number of carbonyl (C=O) groups is 1. The van der Waals surface area contributed by atoms with Crippen molar-refractivity contribution in [3.8, 4) is 5.75 Å². The first-order valence-electron chi connectivity index (χ1n) is 11.8. The minimum absolute atomic E-state index is 0.0514. The number of rotatable bonds is 6. The zero-order valence-electron chi connectivity index (χ0n) is 19.6. The maximum absolute atomic E-state index is 12.0. The average molecular weight is 452 g/mol. The van der Waals surface area contributed by atoms with E-state index in [4.69, 9.17) is 9.47 Å². The Morgan fingerprint density at radius 2 is 1.79 bits per heavy atom. The molecule has 34 heavy (non-hydrogen) atoms. The molecule has 1 heterocycles. The molecule has 0 spiro atoms. The fourth-order valence-electron chi connectivity index (χ4n) is 4.99. The Labute approximate surface area is 200 Å². The van der Waals surface area contributed by atoms with Crippen LogP contribution in [-0.4, -0.2) is 25.7 Å². The predicted octanol–water partition coefficient (Wildman–Crippen LogP) is 6.01. The number of ether oxygens (including phenoxy) is 2. The molecule has 5 rings (SSSR count). The summed E-state index contributed by atoms with van der Waals surface area (Å²) in [5.41, 5.74) is 5.22. The quantitative estimate of drug-likeness (QED) is 0.365. The molecule has 0 aliphatic carbocycles. The highest BCUT2D eigenvalue weighted by Crippen LogP contribution is 2.40. The van der Waals surface area contributed by atoms with Gasteiger partial charge in [-0.1, -0.05) is 72.8 Å². The molecule has 4 aromatic rings. The van der Waals surface area contributed by atoms with Crippen molar-refractivity contribution in [3.63, 3.8) is 0 Å². The molecule has 2 atom stereocenters. The van der Waals surface area contributed by atoms with E-state index < -0.39 is 0 Å². The van der Waals surface area contributed by atoms with Crippen LogP contribution in [-0.2, 0) is 11.3 Å². The fourth-order valence-corrected chi connectivity index (χ4v) is 4.99. The van der Waals surface area contributed by atoms with E-state index in [-0.39, 0.29) is 18.0 Å². The van der Waals surface area contributed by atoms with Crippen LogP contribution in [0.15, 0.2) is 84.9 Å². The lowest BCUT2D eigenvalue weighted by Crippen LogP contribution is -2.35. The van der Waals surface area contributed by atoms with Gasteiger partial charge in [0.05, 0.1) is 12.7 Å². The minimum Gasteiger partial charge on any atom is -0.489 e. The number of carbonyl (C=O) groups excluding carboxylic acids is 1. The van der Waals surface area contributed by atoms with E-state index in [2.05, 4.69) is 72.0 Å². The second-order valence-electron chi connectivity index (χ2n) is 8.90. The molecule has 0 saturated heterocycles. The molecule has 1 aliphatic heterocycles. The van der Waals surface area contributed by atoms with Crippen LogP contribution in [0.4, 0.5) is 0 Å². The summed E-state index contributed by atoms with van der Waals surface area (Å²) in [6.07, 6.45) is 0.923. The normalized spacial score (nSPS) is 17.1. The van der Waals surface area contributed by atoms with Crippen molar-refractivity contribution in [2.24, 2.45) is 0 Å². The number of esters is 1. The van der Waals surface area contributed by atoms with Gasteiger partial charge in [-0.15, -0.1) is 0 Å². The molecule has 2 unspecified atom stereocenters. The summed E-state index contributed by atoms with van der Waals surface area (Å²) in [6.45, 7) is 3.51.